The maximum absolute atomic E-state index is 9.95. The summed E-state index contributed by atoms with van der Waals surface area (Å²) in [5.41, 5.74) is 7.26. The first kappa shape index (κ1) is 14.8. The molecule has 0 saturated heterocycles. The van der Waals surface area contributed by atoms with E-state index in [1.165, 1.54) is 0 Å². The van der Waals surface area contributed by atoms with Crippen molar-refractivity contribution >= 4 is 16.7 Å². The van der Waals surface area contributed by atoms with Crippen LogP contribution in [0.15, 0.2) is 30.3 Å². The molecule has 0 aliphatic rings. The summed E-state index contributed by atoms with van der Waals surface area (Å²) < 4.78 is 0. The predicted molar refractivity (Wildman–Crippen MR) is 83.4 cm³/mol. The maximum atomic E-state index is 9.95. The van der Waals surface area contributed by atoms with Crippen LogP contribution < -0.4 is 5.73 Å². The van der Waals surface area contributed by atoms with E-state index in [1.807, 2.05) is 38.1 Å². The number of fused-ring (bicyclic) bond motifs is 1. The third-order valence-electron chi connectivity index (χ3n) is 3.29. The number of hydrogen-bond donors (Lipinski definition) is 2. The Labute approximate surface area is 120 Å². The average molecular weight is 273 g/mol. The van der Waals surface area contributed by atoms with Crippen LogP contribution in [0.2, 0.25) is 0 Å². The number of pyridine rings is 1. The zero-order valence-electron chi connectivity index (χ0n) is 12.4. The van der Waals surface area contributed by atoms with Crippen LogP contribution in [-0.4, -0.2) is 33.7 Å². The Morgan fingerprint density at radius 3 is 2.65 bits per heavy atom. The Hall–Kier alpha value is -1.65. The second-order valence-corrected chi connectivity index (χ2v) is 5.84. The van der Waals surface area contributed by atoms with Crippen LogP contribution in [-0.2, 0) is 6.54 Å². The van der Waals surface area contributed by atoms with Gasteiger partial charge in [-0.05, 0) is 32.5 Å². The quantitative estimate of drug-likeness (QED) is 0.878. The number of nitrogens with two attached hydrogens (primary N) is 1. The topological polar surface area (TPSA) is 62.4 Å². The number of aliphatic hydroxyl groups is 1. The summed E-state index contributed by atoms with van der Waals surface area (Å²) in [5, 5.41) is 11.0. The van der Waals surface area contributed by atoms with Gasteiger partial charge < -0.3 is 10.8 Å². The molecule has 2 aromatic rings. The fraction of sp³-hybridized carbons (Fsp3) is 0.438. The van der Waals surface area contributed by atoms with Gasteiger partial charge in [0.25, 0.3) is 0 Å². The molecule has 108 valence electrons. The van der Waals surface area contributed by atoms with E-state index in [2.05, 4.69) is 22.9 Å². The van der Waals surface area contributed by atoms with Crippen LogP contribution >= 0.6 is 0 Å². The van der Waals surface area contributed by atoms with E-state index in [0.29, 0.717) is 18.9 Å². The molecule has 0 saturated carbocycles. The number of nitrogen functional groups attached to an aromatic ring is 1. The van der Waals surface area contributed by atoms with Crippen molar-refractivity contribution in [1.82, 2.24) is 9.88 Å². The molecule has 0 amide bonds. The van der Waals surface area contributed by atoms with Crippen LogP contribution in [0.25, 0.3) is 10.9 Å². The van der Waals surface area contributed by atoms with Crippen molar-refractivity contribution in [3.05, 3.63) is 35.9 Å². The van der Waals surface area contributed by atoms with Crippen LogP contribution in [0, 0.1) is 0 Å². The minimum Gasteiger partial charge on any atom is -0.389 e. The van der Waals surface area contributed by atoms with Gasteiger partial charge in [0, 0.05) is 24.0 Å². The molecule has 0 spiro atoms. The Morgan fingerprint density at radius 2 is 2.00 bits per heavy atom. The molecule has 4 heteroatoms. The van der Waals surface area contributed by atoms with E-state index >= 15 is 0 Å². The summed E-state index contributed by atoms with van der Waals surface area (Å²) in [6.07, 6.45) is 0. The molecule has 0 aliphatic heterocycles. The first-order valence-corrected chi connectivity index (χ1v) is 6.98. The molecule has 0 radical (unpaired) electrons. The van der Waals surface area contributed by atoms with Crippen LogP contribution in [0.4, 0.5) is 5.82 Å². The summed E-state index contributed by atoms with van der Waals surface area (Å²) in [7, 11) is 0. The number of likely N-dealkylation sites (N-methyl/N-ethyl adjacent to an activating group) is 1. The number of hydrogen-bond acceptors (Lipinski definition) is 4. The molecule has 2 rings (SSSR count). The van der Waals surface area contributed by atoms with Crippen molar-refractivity contribution in [2.24, 2.45) is 0 Å². The minimum atomic E-state index is -0.713. The summed E-state index contributed by atoms with van der Waals surface area (Å²) in [5.74, 6) is 0.567. The number of para-hydroxylation sites is 1. The number of rotatable bonds is 5. The van der Waals surface area contributed by atoms with Gasteiger partial charge in [-0.3, -0.25) is 4.90 Å². The zero-order valence-corrected chi connectivity index (χ0v) is 12.4. The Morgan fingerprint density at radius 1 is 1.30 bits per heavy atom. The smallest absolute Gasteiger partial charge is 0.128 e. The third-order valence-corrected chi connectivity index (χ3v) is 3.29. The lowest BCUT2D eigenvalue weighted by Crippen LogP contribution is -2.38. The minimum absolute atomic E-state index is 0.567. The van der Waals surface area contributed by atoms with E-state index in [4.69, 9.17) is 5.73 Å². The van der Waals surface area contributed by atoms with E-state index in [0.717, 1.165) is 23.0 Å². The van der Waals surface area contributed by atoms with Crippen LogP contribution in [0.1, 0.15) is 26.3 Å². The zero-order chi connectivity index (χ0) is 14.8. The molecule has 4 nitrogen and oxygen atoms in total. The van der Waals surface area contributed by atoms with Gasteiger partial charge in [0.2, 0.25) is 0 Å². The van der Waals surface area contributed by atoms with Gasteiger partial charge in [-0.25, -0.2) is 4.98 Å². The molecular weight excluding hydrogens is 250 g/mol. The summed E-state index contributed by atoms with van der Waals surface area (Å²) >= 11 is 0. The second-order valence-electron chi connectivity index (χ2n) is 5.84. The van der Waals surface area contributed by atoms with E-state index in [9.17, 15) is 5.11 Å². The number of aromatic nitrogens is 1. The van der Waals surface area contributed by atoms with Gasteiger partial charge in [0.05, 0.1) is 11.1 Å². The fourth-order valence-corrected chi connectivity index (χ4v) is 2.37. The predicted octanol–water partition coefficient (Wildman–Crippen LogP) is 2.41. The molecule has 1 aromatic carbocycles. The fourth-order valence-electron chi connectivity index (χ4n) is 2.37. The van der Waals surface area contributed by atoms with Gasteiger partial charge in [0.1, 0.15) is 5.82 Å². The van der Waals surface area contributed by atoms with Gasteiger partial charge in [-0.2, -0.15) is 0 Å². The van der Waals surface area contributed by atoms with E-state index < -0.39 is 5.60 Å². The molecule has 1 heterocycles. The number of anilines is 1. The van der Waals surface area contributed by atoms with Crippen LogP contribution in [0.5, 0.6) is 0 Å². The first-order valence-electron chi connectivity index (χ1n) is 6.98. The van der Waals surface area contributed by atoms with Gasteiger partial charge in [-0.1, -0.05) is 25.1 Å². The largest absolute Gasteiger partial charge is 0.389 e. The highest BCUT2D eigenvalue weighted by atomic mass is 16.3. The molecular formula is C16H23N3O. The van der Waals surface area contributed by atoms with E-state index in [-0.39, 0.29) is 0 Å². The Bertz CT molecular complexity index is 590. The van der Waals surface area contributed by atoms with Crippen molar-refractivity contribution < 1.29 is 5.11 Å². The van der Waals surface area contributed by atoms with Crippen molar-refractivity contribution in [1.29, 1.82) is 0 Å². The molecule has 0 unspecified atom stereocenters. The first-order chi connectivity index (χ1) is 9.39. The molecule has 0 fully saturated rings. The molecule has 0 aliphatic carbocycles. The van der Waals surface area contributed by atoms with E-state index in [1.54, 1.807) is 0 Å². The monoisotopic (exact) mass is 273 g/mol. The average Bonchev–Trinajstić information content (AvgIpc) is 2.37. The molecule has 0 atom stereocenters. The normalized spacial score (nSPS) is 12.2. The second kappa shape index (κ2) is 5.77. The lowest BCUT2D eigenvalue weighted by molar-refractivity contribution is 0.0354. The van der Waals surface area contributed by atoms with Crippen LogP contribution in [0.3, 0.4) is 0 Å². The SMILES string of the molecule is CCN(Cc1cc2ccccc2nc1N)CC(C)(C)O. The third kappa shape index (κ3) is 3.68. The summed E-state index contributed by atoms with van der Waals surface area (Å²) in [4.78, 5) is 6.62. The molecule has 1 aromatic heterocycles. The standard InChI is InChI=1S/C16H23N3O/c1-4-19(11-16(2,3)20)10-13-9-12-7-5-6-8-14(12)18-15(13)17/h5-9,20H,4,10-11H2,1-3H3,(H2,17,18). The summed E-state index contributed by atoms with van der Waals surface area (Å²) in [6.45, 7) is 7.88. The Kier molecular flexibility index (Phi) is 4.26. The van der Waals surface area contributed by atoms with Gasteiger partial charge >= 0.3 is 0 Å². The summed E-state index contributed by atoms with van der Waals surface area (Å²) in [6, 6.07) is 10.0. The molecule has 20 heavy (non-hydrogen) atoms. The highest BCUT2D eigenvalue weighted by Crippen LogP contribution is 2.20. The van der Waals surface area contributed by atoms with Gasteiger partial charge in [-0.15, -0.1) is 0 Å². The molecule has 3 N–H and O–H groups in total. The van der Waals surface area contributed by atoms with Crippen molar-refractivity contribution in [3.8, 4) is 0 Å². The molecule has 0 bridgehead atoms. The highest BCUT2D eigenvalue weighted by Gasteiger charge is 2.18. The lowest BCUT2D eigenvalue weighted by atomic mass is 10.1. The number of nitrogens with zero attached hydrogens (tertiary/aromatic N) is 2. The van der Waals surface area contributed by atoms with Crippen molar-refractivity contribution in [2.45, 2.75) is 32.9 Å². The van der Waals surface area contributed by atoms with Crippen molar-refractivity contribution in [3.63, 3.8) is 0 Å². The number of benzene rings is 1. The van der Waals surface area contributed by atoms with Crippen molar-refractivity contribution in [2.75, 3.05) is 18.8 Å². The van der Waals surface area contributed by atoms with Gasteiger partial charge in [0.15, 0.2) is 0 Å². The Balaban J connectivity index is 2.25. The highest BCUT2D eigenvalue weighted by molar-refractivity contribution is 5.81. The lowest BCUT2D eigenvalue weighted by Gasteiger charge is -2.28. The maximum Gasteiger partial charge on any atom is 0.128 e.